The fourth-order valence-electron chi connectivity index (χ4n) is 3.67. The average Bonchev–Trinajstić information content (AvgIpc) is 3.33. The van der Waals surface area contributed by atoms with E-state index in [1.54, 1.807) is 23.6 Å². The van der Waals surface area contributed by atoms with Crippen molar-refractivity contribution in [3.8, 4) is 5.75 Å². The highest BCUT2D eigenvalue weighted by molar-refractivity contribution is 7.10. The van der Waals surface area contributed by atoms with Crippen molar-refractivity contribution in [2.75, 3.05) is 32.1 Å². The van der Waals surface area contributed by atoms with Crippen molar-refractivity contribution in [3.63, 3.8) is 0 Å². The molecule has 0 saturated heterocycles. The number of allylic oxidation sites excluding steroid dienone is 1. The summed E-state index contributed by atoms with van der Waals surface area (Å²) < 4.78 is 6.38. The van der Waals surface area contributed by atoms with Gasteiger partial charge in [0.2, 0.25) is 0 Å². The Hall–Kier alpha value is -3.03. The number of carbonyl (C=O) groups is 1. The number of rotatable bonds is 7. The minimum atomic E-state index is -0.0750. The molecule has 4 rings (SSSR count). The zero-order chi connectivity index (χ0) is 21.6. The number of hydrogen-bond acceptors (Lipinski definition) is 7. The Balaban J connectivity index is 1.60. The van der Waals surface area contributed by atoms with Gasteiger partial charge in [-0.05, 0) is 60.8 Å². The van der Waals surface area contributed by atoms with Crippen LogP contribution in [0.3, 0.4) is 0 Å². The fourth-order valence-corrected chi connectivity index (χ4v) is 4.46. The number of ketones is 1. The highest BCUT2D eigenvalue weighted by Crippen LogP contribution is 2.31. The van der Waals surface area contributed by atoms with Crippen molar-refractivity contribution in [2.24, 2.45) is 0 Å². The second-order valence-electron chi connectivity index (χ2n) is 7.51. The Kier molecular flexibility index (Phi) is 6.74. The summed E-state index contributed by atoms with van der Waals surface area (Å²) in [5, 5.41) is 5.28. The quantitative estimate of drug-likeness (QED) is 0.595. The van der Waals surface area contributed by atoms with Crippen molar-refractivity contribution in [1.29, 1.82) is 0 Å². The normalized spacial score (nSPS) is 16.6. The lowest BCUT2D eigenvalue weighted by atomic mass is 9.97. The lowest BCUT2D eigenvalue weighted by Gasteiger charge is -2.23. The van der Waals surface area contributed by atoms with E-state index in [1.807, 2.05) is 43.3 Å². The third-order valence-corrected chi connectivity index (χ3v) is 6.30. The first kappa shape index (κ1) is 21.2. The molecule has 1 atom stereocenters. The maximum Gasteiger partial charge on any atom is 0.191 e. The molecule has 0 bridgehead atoms. The molecule has 0 saturated carbocycles. The Morgan fingerprint density at radius 2 is 2.19 bits per heavy atom. The Bertz CT molecular complexity index is 1060. The molecule has 1 aromatic carbocycles. The molecule has 0 fully saturated rings. The molecule has 3 aromatic rings. The van der Waals surface area contributed by atoms with Gasteiger partial charge in [-0.1, -0.05) is 18.2 Å². The number of nitrogens with one attached hydrogen (secondary N) is 1. The standard InChI is InChI=1S/C24H26N4O2S/c1-25-10-8-22(23-7-4-12-31-23)30-19-6-3-5-17(13-19)18-9-11-28(2)24-20(21(29)14-18)15-26-16-27-24/h3-7,12-16,22,25H,8-11H2,1-2H3/b18-14-/t22-/m1/s1. The minimum absolute atomic E-state index is 0.00851. The summed E-state index contributed by atoms with van der Waals surface area (Å²) in [6, 6.07) is 12.2. The predicted molar refractivity (Wildman–Crippen MR) is 125 cm³/mol. The van der Waals surface area contributed by atoms with Crippen LogP contribution in [0.25, 0.3) is 5.57 Å². The summed E-state index contributed by atoms with van der Waals surface area (Å²) in [4.78, 5) is 24.4. The van der Waals surface area contributed by atoms with Gasteiger partial charge >= 0.3 is 0 Å². The van der Waals surface area contributed by atoms with Gasteiger partial charge in [-0.25, -0.2) is 9.97 Å². The minimum Gasteiger partial charge on any atom is -0.485 e. The van der Waals surface area contributed by atoms with E-state index in [1.165, 1.54) is 11.2 Å². The number of thiophene rings is 1. The first-order valence-electron chi connectivity index (χ1n) is 10.4. The van der Waals surface area contributed by atoms with Crippen LogP contribution >= 0.6 is 11.3 Å². The summed E-state index contributed by atoms with van der Waals surface area (Å²) in [7, 11) is 3.90. The third-order valence-electron chi connectivity index (χ3n) is 5.34. The van der Waals surface area contributed by atoms with Gasteiger partial charge in [-0.15, -0.1) is 11.3 Å². The summed E-state index contributed by atoms with van der Waals surface area (Å²) >= 11 is 1.71. The molecule has 1 aliphatic heterocycles. The highest BCUT2D eigenvalue weighted by Gasteiger charge is 2.20. The van der Waals surface area contributed by atoms with E-state index < -0.39 is 0 Å². The summed E-state index contributed by atoms with van der Waals surface area (Å²) in [5.41, 5.74) is 2.51. The molecular formula is C24H26N4O2S. The molecule has 3 heterocycles. The van der Waals surface area contributed by atoms with E-state index in [9.17, 15) is 4.79 Å². The molecule has 0 spiro atoms. The SMILES string of the molecule is CNCC[C@@H](Oc1cccc(/C2=C\C(=O)c3cncnc3N(C)CC2)c1)c1cccs1. The number of ether oxygens (including phenoxy) is 1. The maximum atomic E-state index is 12.9. The largest absolute Gasteiger partial charge is 0.485 e. The van der Waals surface area contributed by atoms with E-state index in [-0.39, 0.29) is 11.9 Å². The number of nitrogens with zero attached hydrogens (tertiary/aromatic N) is 3. The second kappa shape index (κ2) is 9.85. The van der Waals surface area contributed by atoms with Gasteiger partial charge in [0.25, 0.3) is 0 Å². The number of carbonyl (C=O) groups excluding carboxylic acids is 1. The molecule has 0 radical (unpaired) electrons. The van der Waals surface area contributed by atoms with Gasteiger partial charge in [0.15, 0.2) is 5.78 Å². The summed E-state index contributed by atoms with van der Waals surface area (Å²) in [6.45, 7) is 1.63. The molecule has 1 aliphatic rings. The van der Waals surface area contributed by atoms with Crippen LogP contribution in [0.15, 0.2) is 60.4 Å². The molecular weight excluding hydrogens is 408 g/mol. The van der Waals surface area contributed by atoms with E-state index in [0.29, 0.717) is 11.4 Å². The van der Waals surface area contributed by atoms with Crippen LogP contribution < -0.4 is 15.0 Å². The van der Waals surface area contributed by atoms with Crippen molar-refractivity contribution in [1.82, 2.24) is 15.3 Å². The van der Waals surface area contributed by atoms with E-state index >= 15 is 0 Å². The van der Waals surface area contributed by atoms with Gasteiger partial charge in [0, 0.05) is 31.1 Å². The Morgan fingerprint density at radius 3 is 3.00 bits per heavy atom. The van der Waals surface area contributed by atoms with Crippen LogP contribution in [0.1, 0.15) is 39.7 Å². The summed E-state index contributed by atoms with van der Waals surface area (Å²) in [6.07, 6.45) is 6.39. The maximum absolute atomic E-state index is 12.9. The number of fused-ring (bicyclic) bond motifs is 1. The van der Waals surface area contributed by atoms with Crippen molar-refractivity contribution in [2.45, 2.75) is 18.9 Å². The Morgan fingerprint density at radius 1 is 1.29 bits per heavy atom. The number of anilines is 1. The first-order chi connectivity index (χ1) is 15.2. The van der Waals surface area contributed by atoms with Crippen LogP contribution in [0.2, 0.25) is 0 Å². The molecule has 0 amide bonds. The van der Waals surface area contributed by atoms with Crippen LogP contribution in [0, 0.1) is 0 Å². The monoisotopic (exact) mass is 434 g/mol. The van der Waals surface area contributed by atoms with Gasteiger partial charge in [0.1, 0.15) is 24.0 Å². The molecule has 2 aromatic heterocycles. The molecule has 160 valence electrons. The van der Waals surface area contributed by atoms with Gasteiger partial charge < -0.3 is 15.0 Å². The smallest absolute Gasteiger partial charge is 0.191 e. The van der Waals surface area contributed by atoms with Crippen molar-refractivity contribution < 1.29 is 9.53 Å². The molecule has 31 heavy (non-hydrogen) atoms. The first-order valence-corrected chi connectivity index (χ1v) is 11.2. The lowest BCUT2D eigenvalue weighted by Crippen LogP contribution is -2.24. The van der Waals surface area contributed by atoms with Crippen LogP contribution in [-0.2, 0) is 0 Å². The van der Waals surface area contributed by atoms with Gasteiger partial charge in [-0.2, -0.15) is 0 Å². The number of benzene rings is 1. The number of hydrogen-bond donors (Lipinski definition) is 1. The lowest BCUT2D eigenvalue weighted by molar-refractivity contribution is 0.104. The van der Waals surface area contributed by atoms with Gasteiger partial charge in [0.05, 0.1) is 5.56 Å². The molecule has 6 nitrogen and oxygen atoms in total. The third kappa shape index (κ3) is 5.00. The predicted octanol–water partition coefficient (Wildman–Crippen LogP) is 4.37. The van der Waals surface area contributed by atoms with E-state index in [4.69, 9.17) is 4.74 Å². The van der Waals surface area contributed by atoms with Crippen molar-refractivity contribution in [3.05, 3.63) is 76.4 Å². The van der Waals surface area contributed by atoms with Crippen LogP contribution in [-0.4, -0.2) is 42.9 Å². The zero-order valence-electron chi connectivity index (χ0n) is 17.7. The highest BCUT2D eigenvalue weighted by atomic mass is 32.1. The molecule has 0 aliphatic carbocycles. The zero-order valence-corrected chi connectivity index (χ0v) is 18.6. The van der Waals surface area contributed by atoms with Crippen molar-refractivity contribution >= 4 is 28.5 Å². The topological polar surface area (TPSA) is 67.3 Å². The number of aromatic nitrogens is 2. The molecule has 1 N–H and O–H groups in total. The summed E-state index contributed by atoms with van der Waals surface area (Å²) in [5.74, 6) is 1.41. The van der Waals surface area contributed by atoms with E-state index in [0.717, 1.165) is 42.8 Å². The fraction of sp³-hybridized carbons (Fsp3) is 0.292. The Labute approximate surface area is 186 Å². The van der Waals surface area contributed by atoms with Gasteiger partial charge in [-0.3, -0.25) is 4.79 Å². The van der Waals surface area contributed by atoms with Crippen LogP contribution in [0.5, 0.6) is 5.75 Å². The van der Waals surface area contributed by atoms with Crippen LogP contribution in [0.4, 0.5) is 5.82 Å². The second-order valence-corrected chi connectivity index (χ2v) is 8.49. The molecule has 7 heteroatoms. The average molecular weight is 435 g/mol. The van der Waals surface area contributed by atoms with E-state index in [2.05, 4.69) is 32.8 Å². The molecule has 0 unspecified atom stereocenters.